The topological polar surface area (TPSA) is 63.3 Å². The highest BCUT2D eigenvalue weighted by Crippen LogP contribution is 2.22. The molecular weight excluding hydrogens is 407 g/mol. The van der Waals surface area contributed by atoms with Gasteiger partial charge in [0, 0.05) is 18.7 Å². The van der Waals surface area contributed by atoms with Gasteiger partial charge in [0.2, 0.25) is 5.88 Å². The van der Waals surface area contributed by atoms with Crippen molar-refractivity contribution in [2.45, 2.75) is 52.7 Å². The first-order valence-corrected chi connectivity index (χ1v) is 11.4. The second kappa shape index (κ2) is 9.69. The van der Waals surface area contributed by atoms with Crippen LogP contribution in [0, 0.1) is 11.7 Å². The number of benzene rings is 1. The molecular formula is C25H31FN4O2. The van der Waals surface area contributed by atoms with Crippen molar-refractivity contribution in [3.05, 3.63) is 70.2 Å². The predicted octanol–water partition coefficient (Wildman–Crippen LogP) is 4.25. The van der Waals surface area contributed by atoms with Crippen LogP contribution in [0.25, 0.3) is 11.3 Å². The van der Waals surface area contributed by atoms with Crippen molar-refractivity contribution in [2.75, 3.05) is 13.1 Å². The largest absolute Gasteiger partial charge is 0.493 e. The van der Waals surface area contributed by atoms with E-state index in [0.717, 1.165) is 42.8 Å². The second-order valence-corrected chi connectivity index (χ2v) is 9.06. The number of hydrogen-bond acceptors (Lipinski definition) is 4. The van der Waals surface area contributed by atoms with Gasteiger partial charge in [-0.15, -0.1) is 0 Å². The summed E-state index contributed by atoms with van der Waals surface area (Å²) in [6, 6.07) is 11.0. The Morgan fingerprint density at radius 1 is 1.03 bits per heavy atom. The molecule has 0 atom stereocenters. The Kier molecular flexibility index (Phi) is 6.74. The monoisotopic (exact) mass is 438 g/mol. The van der Waals surface area contributed by atoms with E-state index in [1.807, 2.05) is 38.1 Å². The fourth-order valence-electron chi connectivity index (χ4n) is 4.23. The van der Waals surface area contributed by atoms with Crippen LogP contribution in [-0.2, 0) is 19.6 Å². The Morgan fingerprint density at radius 2 is 1.75 bits per heavy atom. The van der Waals surface area contributed by atoms with Crippen molar-refractivity contribution >= 4 is 0 Å². The highest BCUT2D eigenvalue weighted by atomic mass is 19.1. The van der Waals surface area contributed by atoms with Crippen molar-refractivity contribution in [2.24, 2.45) is 5.92 Å². The zero-order valence-corrected chi connectivity index (χ0v) is 18.8. The Morgan fingerprint density at radius 3 is 2.44 bits per heavy atom. The Hall–Kier alpha value is -2.93. The van der Waals surface area contributed by atoms with E-state index in [0.29, 0.717) is 25.3 Å². The zero-order chi connectivity index (χ0) is 22.7. The van der Waals surface area contributed by atoms with Gasteiger partial charge in [0.15, 0.2) is 0 Å². The molecule has 3 heterocycles. The zero-order valence-electron chi connectivity index (χ0n) is 18.8. The minimum atomic E-state index is -0.263. The van der Waals surface area contributed by atoms with E-state index >= 15 is 0 Å². The van der Waals surface area contributed by atoms with Crippen LogP contribution in [0.4, 0.5) is 4.39 Å². The van der Waals surface area contributed by atoms with Crippen molar-refractivity contribution in [1.29, 1.82) is 0 Å². The molecule has 0 spiro atoms. The summed E-state index contributed by atoms with van der Waals surface area (Å²) in [5.41, 5.74) is 2.85. The molecule has 1 aliphatic rings. The molecule has 0 saturated carbocycles. The van der Waals surface area contributed by atoms with Gasteiger partial charge in [0.1, 0.15) is 5.82 Å². The summed E-state index contributed by atoms with van der Waals surface area (Å²) in [4.78, 5) is 19.4. The molecule has 1 N–H and O–H groups in total. The molecule has 32 heavy (non-hydrogen) atoms. The molecule has 1 aliphatic heterocycles. The lowest BCUT2D eigenvalue weighted by molar-refractivity contribution is 0.215. The molecule has 1 fully saturated rings. The van der Waals surface area contributed by atoms with Crippen LogP contribution < -0.4 is 5.69 Å². The van der Waals surface area contributed by atoms with Crippen LogP contribution in [0.1, 0.15) is 44.4 Å². The molecule has 4 rings (SSSR count). The van der Waals surface area contributed by atoms with Gasteiger partial charge in [-0.3, -0.25) is 14.0 Å². The van der Waals surface area contributed by atoms with E-state index in [4.69, 9.17) is 0 Å². The van der Waals surface area contributed by atoms with Crippen molar-refractivity contribution in [1.82, 2.24) is 19.0 Å². The van der Waals surface area contributed by atoms with Crippen LogP contribution in [0.2, 0.25) is 0 Å². The SMILES string of the molecule is CC(C)Cn1c(O)cn(Cc2ccc(-c3ccc(F)c(CN4CCCCC4)n3)cc2)c1=O. The van der Waals surface area contributed by atoms with E-state index in [-0.39, 0.29) is 23.3 Å². The fraction of sp³-hybridized carbons (Fsp3) is 0.440. The lowest BCUT2D eigenvalue weighted by atomic mass is 10.1. The minimum absolute atomic E-state index is 0.0166. The van der Waals surface area contributed by atoms with Gasteiger partial charge in [-0.25, -0.2) is 14.2 Å². The number of aromatic hydroxyl groups is 1. The third-order valence-electron chi connectivity index (χ3n) is 5.92. The maximum atomic E-state index is 14.4. The number of rotatable bonds is 7. The minimum Gasteiger partial charge on any atom is -0.493 e. The molecule has 6 nitrogen and oxygen atoms in total. The molecule has 2 aromatic heterocycles. The number of hydrogen-bond donors (Lipinski definition) is 1. The average Bonchev–Trinajstić information content (AvgIpc) is 3.03. The molecule has 170 valence electrons. The first-order valence-electron chi connectivity index (χ1n) is 11.4. The van der Waals surface area contributed by atoms with Gasteiger partial charge >= 0.3 is 5.69 Å². The molecule has 1 saturated heterocycles. The first-order chi connectivity index (χ1) is 15.4. The molecule has 0 bridgehead atoms. The Bertz CT molecular complexity index is 1110. The summed E-state index contributed by atoms with van der Waals surface area (Å²) >= 11 is 0. The third kappa shape index (κ3) is 5.10. The van der Waals surface area contributed by atoms with E-state index < -0.39 is 0 Å². The summed E-state index contributed by atoms with van der Waals surface area (Å²) in [5.74, 6) is -0.0187. The van der Waals surface area contributed by atoms with E-state index in [9.17, 15) is 14.3 Å². The van der Waals surface area contributed by atoms with Crippen molar-refractivity contribution < 1.29 is 9.50 Å². The maximum absolute atomic E-state index is 14.4. The van der Waals surface area contributed by atoms with Crippen LogP contribution >= 0.6 is 0 Å². The lowest BCUT2D eigenvalue weighted by Gasteiger charge is -2.26. The van der Waals surface area contributed by atoms with E-state index in [2.05, 4.69) is 9.88 Å². The number of imidazole rings is 1. The average molecular weight is 439 g/mol. The molecule has 1 aromatic carbocycles. The third-order valence-corrected chi connectivity index (χ3v) is 5.92. The summed E-state index contributed by atoms with van der Waals surface area (Å²) < 4.78 is 17.3. The van der Waals surface area contributed by atoms with Gasteiger partial charge in [0.05, 0.1) is 24.1 Å². The van der Waals surface area contributed by atoms with Crippen molar-refractivity contribution in [3.8, 4) is 17.1 Å². The van der Waals surface area contributed by atoms with Crippen LogP contribution in [0.15, 0.2) is 47.4 Å². The quantitative estimate of drug-likeness (QED) is 0.599. The maximum Gasteiger partial charge on any atom is 0.331 e. The summed E-state index contributed by atoms with van der Waals surface area (Å²) in [7, 11) is 0. The van der Waals surface area contributed by atoms with Crippen molar-refractivity contribution in [3.63, 3.8) is 0 Å². The summed E-state index contributed by atoms with van der Waals surface area (Å²) in [6.07, 6.45) is 5.04. The number of halogens is 1. The number of nitrogens with zero attached hydrogens (tertiary/aromatic N) is 4. The normalized spacial score (nSPS) is 14.9. The van der Waals surface area contributed by atoms with Gasteiger partial charge < -0.3 is 5.11 Å². The molecule has 3 aromatic rings. The molecule has 7 heteroatoms. The fourth-order valence-corrected chi connectivity index (χ4v) is 4.23. The van der Waals surface area contributed by atoms with E-state index in [1.165, 1.54) is 27.8 Å². The van der Waals surface area contributed by atoms with Crippen LogP contribution in [0.5, 0.6) is 5.88 Å². The van der Waals surface area contributed by atoms with Gasteiger partial charge in [-0.1, -0.05) is 44.5 Å². The summed E-state index contributed by atoms with van der Waals surface area (Å²) in [6.45, 7) is 7.38. The Labute approximate surface area is 188 Å². The highest BCUT2D eigenvalue weighted by Gasteiger charge is 2.15. The number of aromatic nitrogens is 3. The number of piperidine rings is 1. The van der Waals surface area contributed by atoms with Crippen LogP contribution in [-0.4, -0.2) is 37.2 Å². The molecule has 0 radical (unpaired) electrons. The molecule has 0 amide bonds. The molecule has 0 unspecified atom stereocenters. The second-order valence-electron chi connectivity index (χ2n) is 9.06. The van der Waals surface area contributed by atoms with Gasteiger partial charge in [0.25, 0.3) is 0 Å². The number of likely N-dealkylation sites (tertiary alicyclic amines) is 1. The molecule has 0 aliphatic carbocycles. The predicted molar refractivity (Wildman–Crippen MR) is 123 cm³/mol. The first kappa shape index (κ1) is 22.3. The van der Waals surface area contributed by atoms with Crippen LogP contribution in [0.3, 0.4) is 0 Å². The summed E-state index contributed by atoms with van der Waals surface area (Å²) in [5, 5.41) is 10.1. The highest BCUT2D eigenvalue weighted by molar-refractivity contribution is 5.59. The van der Waals surface area contributed by atoms with E-state index in [1.54, 1.807) is 6.07 Å². The number of pyridine rings is 1. The standard InChI is InChI=1S/C25H31FN4O2/c1-18(2)14-30-24(31)17-29(25(30)32)15-19-6-8-20(9-7-19)22-11-10-21(26)23(27-22)16-28-12-4-3-5-13-28/h6-11,17-18,31H,3-5,12-16H2,1-2H3. The lowest BCUT2D eigenvalue weighted by Crippen LogP contribution is -2.29. The van der Waals surface area contributed by atoms with Gasteiger partial charge in [-0.05, 0) is 49.5 Å². The van der Waals surface area contributed by atoms with Gasteiger partial charge in [-0.2, -0.15) is 0 Å². The smallest absolute Gasteiger partial charge is 0.331 e. The Balaban J connectivity index is 1.49.